The quantitative estimate of drug-likeness (QED) is 0.728. The van der Waals surface area contributed by atoms with Crippen molar-refractivity contribution in [1.82, 2.24) is 5.48 Å². The van der Waals surface area contributed by atoms with Crippen LogP contribution in [0.3, 0.4) is 0 Å². The van der Waals surface area contributed by atoms with Gasteiger partial charge in [-0.1, -0.05) is 13.0 Å². The van der Waals surface area contributed by atoms with Crippen LogP contribution >= 0.6 is 0 Å². The molecule has 0 saturated heterocycles. The van der Waals surface area contributed by atoms with Gasteiger partial charge in [0.05, 0.1) is 14.2 Å². The van der Waals surface area contributed by atoms with Crippen LogP contribution < -0.4 is 15.0 Å². The molecular formula is C11H17NO3. The lowest BCUT2D eigenvalue weighted by Crippen LogP contribution is -2.10. The van der Waals surface area contributed by atoms with E-state index in [4.69, 9.17) is 14.7 Å². The molecule has 0 radical (unpaired) electrons. The predicted molar refractivity (Wildman–Crippen MR) is 57.6 cm³/mol. The Hall–Kier alpha value is -1.26. The van der Waals surface area contributed by atoms with Crippen molar-refractivity contribution in [1.29, 1.82) is 0 Å². The zero-order valence-corrected chi connectivity index (χ0v) is 9.33. The lowest BCUT2D eigenvalue weighted by Gasteiger charge is -2.15. The first-order chi connectivity index (χ1) is 7.28. The molecule has 0 aromatic heterocycles. The van der Waals surface area contributed by atoms with Gasteiger partial charge in [-0.05, 0) is 18.1 Å². The molecule has 0 bridgehead atoms. The normalized spacial score (nSPS) is 10.1. The first kappa shape index (κ1) is 11.8. The minimum Gasteiger partial charge on any atom is -0.493 e. The summed E-state index contributed by atoms with van der Waals surface area (Å²) in [5.74, 6) is 1.36. The second-order valence-electron chi connectivity index (χ2n) is 3.13. The van der Waals surface area contributed by atoms with Crippen molar-refractivity contribution >= 4 is 0 Å². The number of hydrogen-bond acceptors (Lipinski definition) is 4. The summed E-state index contributed by atoms with van der Waals surface area (Å²) in [5.41, 5.74) is 4.21. The molecule has 0 amide bonds. The van der Waals surface area contributed by atoms with E-state index >= 15 is 0 Å². The van der Waals surface area contributed by atoms with Gasteiger partial charge in [0.2, 0.25) is 0 Å². The molecule has 15 heavy (non-hydrogen) atoms. The second kappa shape index (κ2) is 5.58. The lowest BCUT2D eigenvalue weighted by molar-refractivity contribution is 0.159. The van der Waals surface area contributed by atoms with Crippen LogP contribution in [0.25, 0.3) is 0 Å². The summed E-state index contributed by atoms with van der Waals surface area (Å²) in [6.07, 6.45) is 0.886. The first-order valence-electron chi connectivity index (χ1n) is 4.88. The molecule has 0 aliphatic carbocycles. The van der Waals surface area contributed by atoms with Crippen molar-refractivity contribution in [2.75, 3.05) is 14.2 Å². The third-order valence-electron chi connectivity index (χ3n) is 2.38. The fraction of sp³-hybridized carbons (Fsp3) is 0.455. The third kappa shape index (κ3) is 2.40. The van der Waals surface area contributed by atoms with Gasteiger partial charge >= 0.3 is 0 Å². The Kier molecular flexibility index (Phi) is 4.39. The van der Waals surface area contributed by atoms with E-state index < -0.39 is 0 Å². The van der Waals surface area contributed by atoms with E-state index in [1.165, 1.54) is 0 Å². The minimum atomic E-state index is 0.351. The highest BCUT2D eigenvalue weighted by molar-refractivity contribution is 5.50. The van der Waals surface area contributed by atoms with Gasteiger partial charge in [-0.25, -0.2) is 5.48 Å². The Morgan fingerprint density at radius 1 is 1.27 bits per heavy atom. The Balaban J connectivity index is 3.24. The Morgan fingerprint density at radius 3 is 2.47 bits per heavy atom. The van der Waals surface area contributed by atoms with Crippen molar-refractivity contribution < 1.29 is 14.7 Å². The standard InChI is InChI=1S/C11H17NO3/c1-4-8-5-6-10(14-2)11(15-3)9(8)7-12-13/h5-6,12-13H,4,7H2,1-3H3. The number of aryl methyl sites for hydroxylation is 1. The summed E-state index contributed by atoms with van der Waals surface area (Å²) in [4.78, 5) is 0. The Morgan fingerprint density at radius 2 is 2.00 bits per heavy atom. The van der Waals surface area contributed by atoms with Crippen LogP contribution in [0.5, 0.6) is 11.5 Å². The fourth-order valence-electron chi connectivity index (χ4n) is 1.64. The van der Waals surface area contributed by atoms with Crippen LogP contribution in [0, 0.1) is 0 Å². The van der Waals surface area contributed by atoms with Gasteiger partial charge in [-0.3, -0.25) is 0 Å². The SMILES string of the molecule is CCc1ccc(OC)c(OC)c1CNO. The molecule has 0 unspecified atom stereocenters. The van der Waals surface area contributed by atoms with Gasteiger partial charge in [0, 0.05) is 12.1 Å². The summed E-state index contributed by atoms with van der Waals surface area (Å²) in [6.45, 7) is 2.41. The van der Waals surface area contributed by atoms with Crippen LogP contribution in [-0.2, 0) is 13.0 Å². The maximum Gasteiger partial charge on any atom is 0.165 e. The molecule has 1 aromatic rings. The maximum absolute atomic E-state index is 8.78. The summed E-state index contributed by atoms with van der Waals surface area (Å²) < 4.78 is 10.5. The number of hydroxylamine groups is 1. The summed E-state index contributed by atoms with van der Waals surface area (Å²) in [5, 5.41) is 8.78. The molecule has 2 N–H and O–H groups in total. The molecule has 4 nitrogen and oxygen atoms in total. The van der Waals surface area contributed by atoms with Crippen molar-refractivity contribution in [3.63, 3.8) is 0 Å². The summed E-state index contributed by atoms with van der Waals surface area (Å²) >= 11 is 0. The van der Waals surface area contributed by atoms with Gasteiger partial charge in [0.15, 0.2) is 11.5 Å². The Bertz CT molecular complexity index is 326. The van der Waals surface area contributed by atoms with E-state index in [0.717, 1.165) is 17.5 Å². The molecule has 1 rings (SSSR count). The average molecular weight is 211 g/mol. The van der Waals surface area contributed by atoms with E-state index in [0.29, 0.717) is 18.0 Å². The van der Waals surface area contributed by atoms with Crippen LogP contribution in [0.4, 0.5) is 0 Å². The summed E-state index contributed by atoms with van der Waals surface area (Å²) in [7, 11) is 3.19. The van der Waals surface area contributed by atoms with Gasteiger partial charge in [0.1, 0.15) is 0 Å². The second-order valence-corrected chi connectivity index (χ2v) is 3.13. The van der Waals surface area contributed by atoms with Crippen molar-refractivity contribution in [3.05, 3.63) is 23.3 Å². The number of ether oxygens (including phenoxy) is 2. The fourth-order valence-corrected chi connectivity index (χ4v) is 1.64. The molecular weight excluding hydrogens is 194 g/mol. The van der Waals surface area contributed by atoms with E-state index in [1.54, 1.807) is 14.2 Å². The number of benzene rings is 1. The number of nitrogens with one attached hydrogen (secondary N) is 1. The van der Waals surface area contributed by atoms with Gasteiger partial charge < -0.3 is 14.7 Å². The van der Waals surface area contributed by atoms with Gasteiger partial charge in [-0.2, -0.15) is 0 Å². The zero-order chi connectivity index (χ0) is 11.3. The van der Waals surface area contributed by atoms with Crippen molar-refractivity contribution in [3.8, 4) is 11.5 Å². The highest BCUT2D eigenvalue weighted by Gasteiger charge is 2.13. The molecule has 4 heteroatoms. The molecule has 0 heterocycles. The Labute approximate surface area is 89.8 Å². The number of rotatable bonds is 5. The van der Waals surface area contributed by atoms with Crippen molar-refractivity contribution in [2.24, 2.45) is 0 Å². The molecule has 84 valence electrons. The van der Waals surface area contributed by atoms with E-state index in [9.17, 15) is 0 Å². The molecule has 0 saturated carbocycles. The van der Waals surface area contributed by atoms with Gasteiger partial charge in [-0.15, -0.1) is 0 Å². The maximum atomic E-state index is 8.78. The van der Waals surface area contributed by atoms with Crippen LogP contribution in [0.15, 0.2) is 12.1 Å². The minimum absolute atomic E-state index is 0.351. The van der Waals surface area contributed by atoms with E-state index in [2.05, 4.69) is 12.4 Å². The summed E-state index contributed by atoms with van der Waals surface area (Å²) in [6, 6.07) is 3.85. The van der Waals surface area contributed by atoms with Gasteiger partial charge in [0.25, 0.3) is 0 Å². The first-order valence-corrected chi connectivity index (χ1v) is 4.88. The lowest BCUT2D eigenvalue weighted by atomic mass is 10.0. The van der Waals surface area contributed by atoms with Crippen LogP contribution in [-0.4, -0.2) is 19.4 Å². The molecule has 0 aliphatic rings. The largest absolute Gasteiger partial charge is 0.493 e. The monoisotopic (exact) mass is 211 g/mol. The van der Waals surface area contributed by atoms with Crippen LogP contribution in [0.1, 0.15) is 18.1 Å². The topological polar surface area (TPSA) is 50.7 Å². The number of hydrogen-bond donors (Lipinski definition) is 2. The predicted octanol–water partition coefficient (Wildman–Crippen LogP) is 1.75. The third-order valence-corrected chi connectivity index (χ3v) is 2.38. The number of methoxy groups -OCH3 is 2. The highest BCUT2D eigenvalue weighted by atomic mass is 16.5. The molecule has 0 atom stereocenters. The molecule has 1 aromatic carbocycles. The molecule has 0 fully saturated rings. The van der Waals surface area contributed by atoms with Crippen LogP contribution in [0.2, 0.25) is 0 Å². The van der Waals surface area contributed by atoms with E-state index in [-0.39, 0.29) is 0 Å². The smallest absolute Gasteiger partial charge is 0.165 e. The van der Waals surface area contributed by atoms with E-state index in [1.807, 2.05) is 12.1 Å². The highest BCUT2D eigenvalue weighted by Crippen LogP contribution is 2.33. The average Bonchev–Trinajstić information content (AvgIpc) is 2.28. The van der Waals surface area contributed by atoms with Crippen molar-refractivity contribution in [2.45, 2.75) is 19.9 Å². The zero-order valence-electron chi connectivity index (χ0n) is 9.33. The molecule has 0 spiro atoms. The molecule has 0 aliphatic heterocycles.